The molecule has 0 radical (unpaired) electrons. The molecular weight excluding hydrogens is 312 g/mol. The van der Waals surface area contributed by atoms with Gasteiger partial charge >= 0.3 is 0 Å². The van der Waals surface area contributed by atoms with E-state index in [9.17, 15) is 4.79 Å². The van der Waals surface area contributed by atoms with Gasteiger partial charge in [-0.25, -0.2) is 0 Å². The molecule has 4 rings (SSSR count). The van der Waals surface area contributed by atoms with Crippen molar-refractivity contribution >= 4 is 5.91 Å². The highest BCUT2D eigenvalue weighted by Crippen LogP contribution is 2.31. The summed E-state index contributed by atoms with van der Waals surface area (Å²) in [6.45, 7) is 1.93. The summed E-state index contributed by atoms with van der Waals surface area (Å²) in [5, 5.41) is 10.2. The Hall–Kier alpha value is -2.14. The predicted octanol–water partition coefficient (Wildman–Crippen LogP) is 2.75. The third kappa shape index (κ3) is 3.61. The number of carbonyl (C=O) groups excluding carboxylic acids is 1. The number of hydrogen-bond acceptors (Lipinski definition) is 3. The highest BCUT2D eigenvalue weighted by molar-refractivity contribution is 5.95. The van der Waals surface area contributed by atoms with Gasteiger partial charge in [-0.15, -0.1) is 0 Å². The third-order valence-corrected chi connectivity index (χ3v) is 5.65. The number of hydrogen-bond donors (Lipinski definition) is 2. The van der Waals surface area contributed by atoms with E-state index in [1.165, 1.54) is 44.2 Å². The van der Waals surface area contributed by atoms with Crippen LogP contribution in [0.2, 0.25) is 0 Å². The van der Waals surface area contributed by atoms with Crippen molar-refractivity contribution in [1.29, 1.82) is 0 Å². The molecule has 5 heteroatoms. The fourth-order valence-electron chi connectivity index (χ4n) is 4.03. The van der Waals surface area contributed by atoms with E-state index in [2.05, 4.69) is 32.5 Å². The monoisotopic (exact) mass is 338 g/mol. The van der Waals surface area contributed by atoms with Gasteiger partial charge in [-0.2, -0.15) is 5.10 Å². The van der Waals surface area contributed by atoms with E-state index in [0.717, 1.165) is 18.3 Å². The smallest absolute Gasteiger partial charge is 0.254 e. The summed E-state index contributed by atoms with van der Waals surface area (Å²) in [6.07, 6.45) is 8.80. The Balaban J connectivity index is 1.36. The number of nitrogens with zero attached hydrogens (tertiary/aromatic N) is 2. The number of H-pyrrole nitrogens is 1. The van der Waals surface area contributed by atoms with E-state index < -0.39 is 0 Å². The van der Waals surface area contributed by atoms with E-state index in [1.54, 1.807) is 6.20 Å². The molecule has 2 N–H and O–H groups in total. The molecule has 0 bridgehead atoms. The van der Waals surface area contributed by atoms with Gasteiger partial charge in [0.1, 0.15) is 0 Å². The topological polar surface area (TPSA) is 61.0 Å². The summed E-state index contributed by atoms with van der Waals surface area (Å²) >= 11 is 0. The first-order chi connectivity index (χ1) is 12.3. The maximum absolute atomic E-state index is 12.6. The van der Waals surface area contributed by atoms with Crippen LogP contribution in [-0.4, -0.2) is 46.2 Å². The van der Waals surface area contributed by atoms with Crippen molar-refractivity contribution in [2.24, 2.45) is 0 Å². The van der Waals surface area contributed by atoms with E-state index in [-0.39, 0.29) is 5.91 Å². The van der Waals surface area contributed by atoms with Crippen LogP contribution >= 0.6 is 0 Å². The molecule has 0 spiro atoms. The fraction of sp³-hybridized carbons (Fsp3) is 0.500. The first kappa shape index (κ1) is 16.3. The second-order valence-corrected chi connectivity index (χ2v) is 7.25. The molecule has 0 unspecified atom stereocenters. The fourth-order valence-corrected chi connectivity index (χ4v) is 4.03. The van der Waals surface area contributed by atoms with Crippen LogP contribution in [0.15, 0.2) is 36.5 Å². The Labute approximate surface area is 148 Å². The minimum absolute atomic E-state index is 0.0138. The van der Waals surface area contributed by atoms with Crippen molar-refractivity contribution < 1.29 is 4.79 Å². The van der Waals surface area contributed by atoms with Crippen molar-refractivity contribution in [1.82, 2.24) is 20.4 Å². The number of aromatic nitrogens is 2. The lowest BCUT2D eigenvalue weighted by Gasteiger charge is -2.38. The molecule has 2 fully saturated rings. The molecule has 2 heterocycles. The number of carbonyl (C=O) groups is 1. The molecule has 5 nitrogen and oxygen atoms in total. The molecule has 1 aromatic carbocycles. The van der Waals surface area contributed by atoms with Crippen LogP contribution in [0.1, 0.15) is 53.7 Å². The average molecular weight is 338 g/mol. The minimum atomic E-state index is -0.0138. The Bertz CT molecular complexity index is 707. The van der Waals surface area contributed by atoms with E-state index >= 15 is 0 Å². The Kier molecular flexibility index (Phi) is 4.83. The molecular formula is C20H26N4O. The van der Waals surface area contributed by atoms with Crippen LogP contribution in [0.3, 0.4) is 0 Å². The molecule has 1 saturated carbocycles. The van der Waals surface area contributed by atoms with Gasteiger partial charge in [0, 0.05) is 25.0 Å². The van der Waals surface area contributed by atoms with Gasteiger partial charge in [0.25, 0.3) is 5.91 Å². The number of nitrogens with one attached hydrogen (secondary N) is 2. The zero-order valence-corrected chi connectivity index (χ0v) is 14.6. The SMILES string of the molecule is O=C(NC[C@@H]1CCCN1C1CCC1)c1cn[nH]c1Cc1ccccc1. The third-order valence-electron chi connectivity index (χ3n) is 5.65. The lowest BCUT2D eigenvalue weighted by Crippen LogP contribution is -2.47. The predicted molar refractivity (Wildman–Crippen MR) is 97.5 cm³/mol. The van der Waals surface area contributed by atoms with Crippen LogP contribution < -0.4 is 5.32 Å². The van der Waals surface area contributed by atoms with Gasteiger partial charge < -0.3 is 5.32 Å². The summed E-state index contributed by atoms with van der Waals surface area (Å²) in [7, 11) is 0. The standard InChI is InChI=1S/C20H26N4O/c25-20(21-13-17-10-5-11-24(17)16-8-4-9-16)18-14-22-23-19(18)12-15-6-2-1-3-7-15/h1-3,6-7,14,16-17H,4-5,8-13H2,(H,21,25)(H,22,23)/t17-/m0/s1. The first-order valence-electron chi connectivity index (χ1n) is 9.41. The van der Waals surface area contributed by atoms with Gasteiger partial charge in [-0.1, -0.05) is 36.8 Å². The van der Waals surface area contributed by atoms with Crippen LogP contribution in [0.25, 0.3) is 0 Å². The van der Waals surface area contributed by atoms with Gasteiger partial charge in [0.2, 0.25) is 0 Å². The molecule has 1 atom stereocenters. The van der Waals surface area contributed by atoms with Crippen molar-refractivity contribution in [3.63, 3.8) is 0 Å². The van der Waals surface area contributed by atoms with Crippen LogP contribution in [-0.2, 0) is 6.42 Å². The van der Waals surface area contributed by atoms with Crippen molar-refractivity contribution in [2.45, 2.75) is 50.6 Å². The Morgan fingerprint density at radius 2 is 2.04 bits per heavy atom. The van der Waals surface area contributed by atoms with Gasteiger partial charge in [0.05, 0.1) is 17.5 Å². The highest BCUT2D eigenvalue weighted by Gasteiger charge is 2.33. The van der Waals surface area contributed by atoms with E-state index in [0.29, 0.717) is 18.0 Å². The lowest BCUT2D eigenvalue weighted by molar-refractivity contribution is 0.0892. The molecule has 1 amide bonds. The van der Waals surface area contributed by atoms with Gasteiger partial charge in [-0.3, -0.25) is 14.8 Å². The van der Waals surface area contributed by atoms with Crippen LogP contribution in [0, 0.1) is 0 Å². The summed E-state index contributed by atoms with van der Waals surface area (Å²) in [5.74, 6) is -0.0138. The number of amides is 1. The van der Waals surface area contributed by atoms with Gasteiger partial charge in [0.15, 0.2) is 0 Å². The summed E-state index contributed by atoms with van der Waals surface area (Å²) in [4.78, 5) is 15.3. The van der Waals surface area contributed by atoms with Crippen LogP contribution in [0.4, 0.5) is 0 Å². The Morgan fingerprint density at radius 3 is 2.80 bits per heavy atom. The van der Waals surface area contributed by atoms with Crippen LogP contribution in [0.5, 0.6) is 0 Å². The quantitative estimate of drug-likeness (QED) is 0.851. The van der Waals surface area contributed by atoms with Crippen molar-refractivity contribution in [3.8, 4) is 0 Å². The summed E-state index contributed by atoms with van der Waals surface area (Å²) < 4.78 is 0. The molecule has 132 valence electrons. The number of aromatic amines is 1. The van der Waals surface area contributed by atoms with E-state index in [4.69, 9.17) is 0 Å². The largest absolute Gasteiger partial charge is 0.350 e. The average Bonchev–Trinajstić information content (AvgIpc) is 3.22. The number of likely N-dealkylation sites (tertiary alicyclic amines) is 1. The summed E-state index contributed by atoms with van der Waals surface area (Å²) in [5.41, 5.74) is 2.72. The molecule has 2 aromatic rings. The summed E-state index contributed by atoms with van der Waals surface area (Å²) in [6, 6.07) is 11.4. The normalized spacial score (nSPS) is 21.2. The molecule has 1 saturated heterocycles. The molecule has 1 aromatic heterocycles. The Morgan fingerprint density at radius 1 is 1.20 bits per heavy atom. The molecule has 1 aliphatic heterocycles. The number of benzene rings is 1. The van der Waals surface area contributed by atoms with Crippen molar-refractivity contribution in [2.75, 3.05) is 13.1 Å². The molecule has 2 aliphatic rings. The maximum atomic E-state index is 12.6. The minimum Gasteiger partial charge on any atom is -0.350 e. The lowest BCUT2D eigenvalue weighted by atomic mass is 9.91. The zero-order valence-electron chi connectivity index (χ0n) is 14.6. The number of rotatable bonds is 6. The zero-order chi connectivity index (χ0) is 17.1. The van der Waals surface area contributed by atoms with E-state index in [1.807, 2.05) is 18.2 Å². The second-order valence-electron chi connectivity index (χ2n) is 7.25. The molecule has 25 heavy (non-hydrogen) atoms. The second kappa shape index (κ2) is 7.40. The van der Waals surface area contributed by atoms with Gasteiger partial charge in [-0.05, 0) is 37.8 Å². The maximum Gasteiger partial charge on any atom is 0.254 e. The molecule has 1 aliphatic carbocycles. The highest BCUT2D eigenvalue weighted by atomic mass is 16.1. The first-order valence-corrected chi connectivity index (χ1v) is 9.41. The van der Waals surface area contributed by atoms with Crippen molar-refractivity contribution in [3.05, 3.63) is 53.3 Å².